The lowest BCUT2D eigenvalue weighted by molar-refractivity contribution is -0.120. The number of thiophene rings is 1. The number of carbonyl (C=O) groups excluding carboxylic acids is 2. The van der Waals surface area contributed by atoms with Crippen LogP contribution in [-0.2, 0) is 11.2 Å². The number of hydrogen-bond donors (Lipinski definition) is 3. The highest BCUT2D eigenvalue weighted by molar-refractivity contribution is 7.12. The number of nitrogens with one attached hydrogen (secondary N) is 3. The number of H-pyrrole nitrogens is 1. The van der Waals surface area contributed by atoms with Gasteiger partial charge in [0.1, 0.15) is 12.2 Å². The van der Waals surface area contributed by atoms with Crippen molar-refractivity contribution in [3.8, 4) is 0 Å². The molecule has 0 fully saturated rings. The Balaban J connectivity index is 1.52. The Morgan fingerprint density at radius 3 is 2.90 bits per heavy atom. The zero-order chi connectivity index (χ0) is 14.9. The maximum atomic E-state index is 11.6. The number of rotatable bonds is 8. The Morgan fingerprint density at radius 1 is 1.29 bits per heavy atom. The van der Waals surface area contributed by atoms with Gasteiger partial charge in [0.05, 0.1) is 4.88 Å². The molecule has 8 heteroatoms. The summed E-state index contributed by atoms with van der Waals surface area (Å²) in [6, 6.07) is 3.57. The van der Waals surface area contributed by atoms with Crippen LogP contribution in [0.2, 0.25) is 0 Å². The lowest BCUT2D eigenvalue weighted by atomic mass is 10.3. The predicted octanol–water partition coefficient (Wildman–Crippen LogP) is 0.735. The van der Waals surface area contributed by atoms with Gasteiger partial charge in [-0.05, 0) is 17.9 Å². The summed E-state index contributed by atoms with van der Waals surface area (Å²) in [4.78, 5) is 27.9. The normalized spacial score (nSPS) is 10.3. The van der Waals surface area contributed by atoms with Crippen molar-refractivity contribution in [2.24, 2.45) is 0 Å². The molecule has 0 aliphatic rings. The van der Waals surface area contributed by atoms with E-state index in [1.54, 1.807) is 6.07 Å². The Bertz CT molecular complexity index is 553. The van der Waals surface area contributed by atoms with Gasteiger partial charge in [-0.25, -0.2) is 4.98 Å². The molecular formula is C13H17N5O2S. The lowest BCUT2D eigenvalue weighted by Crippen LogP contribution is -2.31. The topological polar surface area (TPSA) is 99.8 Å². The van der Waals surface area contributed by atoms with Crippen LogP contribution in [0.4, 0.5) is 0 Å². The van der Waals surface area contributed by atoms with Gasteiger partial charge in [-0.2, -0.15) is 5.10 Å². The Hall–Kier alpha value is -2.22. The van der Waals surface area contributed by atoms with Crippen molar-refractivity contribution in [2.75, 3.05) is 13.1 Å². The predicted molar refractivity (Wildman–Crippen MR) is 79.0 cm³/mol. The average Bonchev–Trinajstić information content (AvgIpc) is 3.16. The largest absolute Gasteiger partial charge is 0.356 e. The van der Waals surface area contributed by atoms with Crippen molar-refractivity contribution in [1.29, 1.82) is 0 Å². The number of aromatic amines is 1. The van der Waals surface area contributed by atoms with Crippen LogP contribution in [0.5, 0.6) is 0 Å². The van der Waals surface area contributed by atoms with Crippen molar-refractivity contribution in [3.05, 3.63) is 34.5 Å². The summed E-state index contributed by atoms with van der Waals surface area (Å²) in [6.07, 6.45) is 3.28. The molecule has 0 saturated heterocycles. The number of hydrogen-bond acceptors (Lipinski definition) is 5. The Kier molecular flexibility index (Phi) is 5.89. The van der Waals surface area contributed by atoms with E-state index in [0.29, 0.717) is 18.0 Å². The molecule has 0 aliphatic carbocycles. The van der Waals surface area contributed by atoms with E-state index < -0.39 is 0 Å². The minimum Gasteiger partial charge on any atom is -0.356 e. The monoisotopic (exact) mass is 307 g/mol. The summed E-state index contributed by atoms with van der Waals surface area (Å²) in [5.41, 5.74) is 0. The van der Waals surface area contributed by atoms with Crippen LogP contribution in [-0.4, -0.2) is 40.1 Å². The van der Waals surface area contributed by atoms with Gasteiger partial charge in [-0.3, -0.25) is 14.7 Å². The first kappa shape index (κ1) is 15.2. The number of nitrogens with zero attached hydrogens (tertiary/aromatic N) is 2. The summed E-state index contributed by atoms with van der Waals surface area (Å²) < 4.78 is 0. The smallest absolute Gasteiger partial charge is 0.261 e. The molecule has 0 aromatic carbocycles. The van der Waals surface area contributed by atoms with Gasteiger partial charge in [-0.15, -0.1) is 11.3 Å². The molecule has 3 N–H and O–H groups in total. The second kappa shape index (κ2) is 8.15. The molecule has 0 atom stereocenters. The minimum atomic E-state index is -0.136. The Labute approximate surface area is 126 Å². The van der Waals surface area contributed by atoms with Gasteiger partial charge in [0.2, 0.25) is 5.91 Å². The summed E-state index contributed by atoms with van der Waals surface area (Å²) >= 11 is 1.38. The van der Waals surface area contributed by atoms with E-state index in [0.717, 1.165) is 18.7 Å². The number of amides is 2. The fraction of sp³-hybridized carbons (Fsp3) is 0.385. The third-order valence-electron chi connectivity index (χ3n) is 2.76. The van der Waals surface area contributed by atoms with Crippen LogP contribution < -0.4 is 10.6 Å². The van der Waals surface area contributed by atoms with Crippen LogP contribution >= 0.6 is 11.3 Å². The minimum absolute atomic E-state index is 0.0703. The Morgan fingerprint density at radius 2 is 2.19 bits per heavy atom. The second-order valence-electron chi connectivity index (χ2n) is 4.37. The fourth-order valence-corrected chi connectivity index (χ4v) is 2.35. The fourth-order valence-electron chi connectivity index (χ4n) is 1.71. The molecule has 7 nitrogen and oxygen atoms in total. The summed E-state index contributed by atoms with van der Waals surface area (Å²) in [6.45, 7) is 0.920. The maximum absolute atomic E-state index is 11.6. The third-order valence-corrected chi connectivity index (χ3v) is 3.63. The molecule has 0 aliphatic heterocycles. The molecular weight excluding hydrogens is 290 g/mol. The van der Waals surface area contributed by atoms with Gasteiger partial charge in [0, 0.05) is 25.9 Å². The van der Waals surface area contributed by atoms with E-state index in [4.69, 9.17) is 0 Å². The molecule has 21 heavy (non-hydrogen) atoms. The van der Waals surface area contributed by atoms with Crippen LogP contribution in [0.25, 0.3) is 0 Å². The van der Waals surface area contributed by atoms with E-state index in [2.05, 4.69) is 25.8 Å². The quantitative estimate of drug-likeness (QED) is 0.626. The van der Waals surface area contributed by atoms with Gasteiger partial charge in [-0.1, -0.05) is 6.07 Å². The average molecular weight is 307 g/mol. The van der Waals surface area contributed by atoms with Gasteiger partial charge in [0.15, 0.2) is 0 Å². The SMILES string of the molecule is O=C(CCNC(=O)c1cccs1)NCCCc1ncn[nH]1. The van der Waals surface area contributed by atoms with Crippen LogP contribution in [0, 0.1) is 0 Å². The van der Waals surface area contributed by atoms with E-state index >= 15 is 0 Å². The highest BCUT2D eigenvalue weighted by atomic mass is 32.1. The van der Waals surface area contributed by atoms with Crippen LogP contribution in [0.3, 0.4) is 0 Å². The van der Waals surface area contributed by atoms with Crippen molar-refractivity contribution in [2.45, 2.75) is 19.3 Å². The molecule has 0 saturated carbocycles. The maximum Gasteiger partial charge on any atom is 0.261 e. The zero-order valence-electron chi connectivity index (χ0n) is 11.5. The first-order chi connectivity index (χ1) is 10.3. The van der Waals surface area contributed by atoms with Crippen molar-refractivity contribution < 1.29 is 9.59 Å². The number of carbonyl (C=O) groups is 2. The molecule has 2 heterocycles. The van der Waals surface area contributed by atoms with E-state index in [-0.39, 0.29) is 18.2 Å². The van der Waals surface area contributed by atoms with Gasteiger partial charge in [0.25, 0.3) is 5.91 Å². The molecule has 0 bridgehead atoms. The van der Waals surface area contributed by atoms with Crippen molar-refractivity contribution in [3.63, 3.8) is 0 Å². The standard InChI is InChI=1S/C13H17N5O2S/c19-12(14-6-1-4-11-16-9-17-18-11)5-7-15-13(20)10-3-2-8-21-10/h2-3,8-9H,1,4-7H2,(H,14,19)(H,15,20)(H,16,17,18). The number of aryl methyl sites for hydroxylation is 1. The molecule has 0 unspecified atom stereocenters. The summed E-state index contributed by atoms with van der Waals surface area (Å²) in [5, 5.41) is 13.9. The molecule has 0 spiro atoms. The highest BCUT2D eigenvalue weighted by Gasteiger charge is 2.07. The molecule has 2 aromatic rings. The highest BCUT2D eigenvalue weighted by Crippen LogP contribution is 2.07. The third kappa shape index (κ3) is 5.35. The van der Waals surface area contributed by atoms with Gasteiger partial charge >= 0.3 is 0 Å². The molecule has 2 amide bonds. The second-order valence-corrected chi connectivity index (χ2v) is 5.32. The first-order valence-electron chi connectivity index (χ1n) is 6.68. The van der Waals surface area contributed by atoms with Crippen molar-refractivity contribution >= 4 is 23.2 Å². The molecule has 2 aromatic heterocycles. The van der Waals surface area contributed by atoms with Crippen LogP contribution in [0.15, 0.2) is 23.8 Å². The summed E-state index contributed by atoms with van der Waals surface area (Å²) in [5.74, 6) is 0.606. The van der Waals surface area contributed by atoms with Crippen LogP contribution in [0.1, 0.15) is 28.3 Å². The van der Waals surface area contributed by atoms with Gasteiger partial charge < -0.3 is 10.6 Å². The van der Waals surface area contributed by atoms with E-state index in [1.807, 2.05) is 11.4 Å². The zero-order valence-corrected chi connectivity index (χ0v) is 12.3. The van der Waals surface area contributed by atoms with E-state index in [9.17, 15) is 9.59 Å². The summed E-state index contributed by atoms with van der Waals surface area (Å²) in [7, 11) is 0. The van der Waals surface area contributed by atoms with E-state index in [1.165, 1.54) is 17.7 Å². The number of aromatic nitrogens is 3. The molecule has 2 rings (SSSR count). The lowest BCUT2D eigenvalue weighted by Gasteiger charge is -2.05. The molecule has 0 radical (unpaired) electrons. The molecule has 112 valence electrons. The van der Waals surface area contributed by atoms with Crippen molar-refractivity contribution in [1.82, 2.24) is 25.8 Å². The first-order valence-corrected chi connectivity index (χ1v) is 7.56.